The number of anilines is 2. The van der Waals surface area contributed by atoms with Gasteiger partial charge in [0.25, 0.3) is 0 Å². The Morgan fingerprint density at radius 3 is 2.25 bits per heavy atom. The largest absolute Gasteiger partial charge is 0.459 e. The van der Waals surface area contributed by atoms with Crippen molar-refractivity contribution in [3.63, 3.8) is 0 Å². The van der Waals surface area contributed by atoms with Crippen molar-refractivity contribution in [2.45, 2.75) is 43.8 Å². The maximum absolute atomic E-state index is 14.5. The third kappa shape index (κ3) is 4.14. The van der Waals surface area contributed by atoms with E-state index in [1.807, 2.05) is 6.07 Å². The zero-order valence-corrected chi connectivity index (χ0v) is 16.8. The molecule has 172 valence electrons. The summed E-state index contributed by atoms with van der Waals surface area (Å²) in [5.74, 6) is -7.19. The first kappa shape index (κ1) is 22.4. The smallest absolute Gasteiger partial charge is 0.372 e. The molecule has 0 aromatic heterocycles. The van der Waals surface area contributed by atoms with Crippen LogP contribution in [0.3, 0.4) is 0 Å². The second-order valence-corrected chi connectivity index (χ2v) is 7.92. The molecule has 2 aromatic rings. The number of hydrazone groups is 1. The Morgan fingerprint density at radius 2 is 1.59 bits per heavy atom. The van der Waals surface area contributed by atoms with E-state index in [0.717, 1.165) is 55.2 Å². The van der Waals surface area contributed by atoms with Crippen LogP contribution in [0.2, 0.25) is 0 Å². The minimum Gasteiger partial charge on any atom is -0.372 e. The lowest BCUT2D eigenvalue weighted by Gasteiger charge is -2.30. The van der Waals surface area contributed by atoms with Gasteiger partial charge in [0.15, 0.2) is 5.82 Å². The van der Waals surface area contributed by atoms with Crippen LogP contribution in [0, 0.1) is 11.6 Å². The van der Waals surface area contributed by atoms with Crippen molar-refractivity contribution in [2.24, 2.45) is 5.10 Å². The predicted octanol–water partition coefficient (Wildman–Crippen LogP) is 6.46. The number of nitrogens with zero attached hydrogens (tertiary/aromatic N) is 3. The van der Waals surface area contributed by atoms with Gasteiger partial charge in [-0.3, -0.25) is 5.01 Å². The first-order valence-electron chi connectivity index (χ1n) is 10.2. The summed E-state index contributed by atoms with van der Waals surface area (Å²) in [6.45, 7) is 1.61. The molecule has 1 unspecified atom stereocenters. The molecule has 32 heavy (non-hydrogen) atoms. The van der Waals surface area contributed by atoms with Crippen LogP contribution in [0.25, 0.3) is 0 Å². The normalized spacial score (nSPS) is 20.0. The van der Waals surface area contributed by atoms with E-state index in [-0.39, 0.29) is 5.69 Å². The zero-order chi connectivity index (χ0) is 23.1. The van der Waals surface area contributed by atoms with Crippen LogP contribution in [0.4, 0.5) is 42.1 Å². The minimum absolute atomic E-state index is 0.382. The van der Waals surface area contributed by atoms with Crippen molar-refractivity contribution in [3.8, 4) is 0 Å². The van der Waals surface area contributed by atoms with Crippen molar-refractivity contribution in [2.75, 3.05) is 23.0 Å². The van der Waals surface area contributed by atoms with Gasteiger partial charge in [-0.2, -0.15) is 27.1 Å². The van der Waals surface area contributed by atoms with Gasteiger partial charge in [0.2, 0.25) is 0 Å². The van der Waals surface area contributed by atoms with E-state index in [1.54, 1.807) is 18.2 Å². The predicted molar refractivity (Wildman–Crippen MR) is 107 cm³/mol. The van der Waals surface area contributed by atoms with Crippen LogP contribution in [0.1, 0.15) is 37.3 Å². The fraction of sp³-hybridized carbons (Fsp3) is 0.409. The van der Waals surface area contributed by atoms with Crippen molar-refractivity contribution in [1.82, 2.24) is 0 Å². The minimum atomic E-state index is -5.84. The van der Waals surface area contributed by atoms with Gasteiger partial charge in [-0.25, -0.2) is 8.78 Å². The van der Waals surface area contributed by atoms with Gasteiger partial charge >= 0.3 is 12.1 Å². The molecule has 0 N–H and O–H groups in total. The molecule has 2 heterocycles. The Hall–Kier alpha value is -2.78. The first-order chi connectivity index (χ1) is 15.1. The van der Waals surface area contributed by atoms with Gasteiger partial charge < -0.3 is 4.90 Å². The van der Waals surface area contributed by atoms with E-state index in [9.17, 15) is 30.7 Å². The van der Waals surface area contributed by atoms with E-state index >= 15 is 0 Å². The molecule has 2 aromatic carbocycles. The fourth-order valence-corrected chi connectivity index (χ4v) is 4.09. The first-order valence-corrected chi connectivity index (χ1v) is 10.2. The highest BCUT2D eigenvalue weighted by molar-refractivity contribution is 5.95. The molecule has 0 bridgehead atoms. The maximum atomic E-state index is 14.5. The average molecular weight is 459 g/mol. The number of halogens is 7. The zero-order valence-electron chi connectivity index (χ0n) is 16.8. The van der Waals surface area contributed by atoms with E-state index in [1.165, 1.54) is 0 Å². The standard InChI is InChI=1S/C22H20F7N3/c23-15-7-8-18(17(24)12-15)32-19(13-20(30-32)21(25,26)22(27,28)29)14-5-4-6-16(11-14)31-9-2-1-3-10-31/h4-8,11-12,19H,1-3,9-10,13H2. The maximum Gasteiger partial charge on any atom is 0.459 e. The Balaban J connectivity index is 1.75. The number of hydrogen-bond acceptors (Lipinski definition) is 3. The van der Waals surface area contributed by atoms with Crippen molar-refractivity contribution in [3.05, 3.63) is 59.7 Å². The molecule has 1 atom stereocenters. The lowest BCUT2D eigenvalue weighted by molar-refractivity contribution is -0.249. The van der Waals surface area contributed by atoms with Crippen LogP contribution >= 0.6 is 0 Å². The summed E-state index contributed by atoms with van der Waals surface area (Å²) in [5.41, 5.74) is -0.582. The van der Waals surface area contributed by atoms with Crippen molar-refractivity contribution >= 4 is 17.1 Å². The van der Waals surface area contributed by atoms with Crippen molar-refractivity contribution < 1.29 is 30.7 Å². The molecule has 2 aliphatic rings. The number of rotatable bonds is 4. The molecular formula is C22H20F7N3. The molecule has 0 radical (unpaired) electrons. The van der Waals surface area contributed by atoms with Gasteiger partial charge in [0.05, 0.1) is 11.7 Å². The number of benzene rings is 2. The summed E-state index contributed by atoms with van der Waals surface area (Å²) in [4.78, 5) is 2.11. The molecule has 4 rings (SSSR count). The summed E-state index contributed by atoms with van der Waals surface area (Å²) in [5, 5.41) is 4.28. The van der Waals surface area contributed by atoms with Crippen LogP contribution in [0.5, 0.6) is 0 Å². The number of hydrogen-bond donors (Lipinski definition) is 0. The third-order valence-electron chi connectivity index (χ3n) is 5.76. The van der Waals surface area contributed by atoms with Gasteiger partial charge in [-0.15, -0.1) is 0 Å². The third-order valence-corrected chi connectivity index (χ3v) is 5.76. The average Bonchev–Trinajstić information content (AvgIpc) is 3.19. The molecule has 1 fully saturated rings. The lowest BCUT2D eigenvalue weighted by atomic mass is 9.97. The highest BCUT2D eigenvalue weighted by Crippen LogP contribution is 2.45. The second-order valence-electron chi connectivity index (χ2n) is 7.92. The Kier molecular flexibility index (Phi) is 5.81. The molecule has 10 heteroatoms. The quantitative estimate of drug-likeness (QED) is 0.489. The molecule has 1 saturated heterocycles. The molecule has 0 aliphatic carbocycles. The SMILES string of the molecule is Fc1ccc(N2N=C(C(F)(F)C(F)(F)F)CC2c2cccc(N3CCCCC3)c2)c(F)c1. The summed E-state index contributed by atoms with van der Waals surface area (Å²) in [6, 6.07) is 8.09. The molecule has 0 saturated carbocycles. The Labute approximate surface area is 180 Å². The Morgan fingerprint density at radius 1 is 0.875 bits per heavy atom. The molecule has 0 spiro atoms. The van der Waals surface area contributed by atoms with Gasteiger partial charge in [-0.1, -0.05) is 12.1 Å². The highest BCUT2D eigenvalue weighted by Gasteiger charge is 2.63. The molecule has 2 aliphatic heterocycles. The fourth-order valence-electron chi connectivity index (χ4n) is 4.09. The topological polar surface area (TPSA) is 18.8 Å². The van der Waals surface area contributed by atoms with E-state index in [0.29, 0.717) is 11.6 Å². The van der Waals surface area contributed by atoms with Gasteiger partial charge in [0.1, 0.15) is 11.5 Å². The summed E-state index contributed by atoms with van der Waals surface area (Å²) in [6.07, 6.45) is -3.52. The Bertz CT molecular complexity index is 1010. The summed E-state index contributed by atoms with van der Waals surface area (Å²) < 4.78 is 95.0. The molecular weight excluding hydrogens is 439 g/mol. The van der Waals surface area contributed by atoms with Crippen LogP contribution < -0.4 is 9.91 Å². The van der Waals surface area contributed by atoms with Crippen LogP contribution in [-0.2, 0) is 0 Å². The molecule has 3 nitrogen and oxygen atoms in total. The number of alkyl halides is 5. The van der Waals surface area contributed by atoms with E-state index in [2.05, 4.69) is 10.0 Å². The number of piperidine rings is 1. The summed E-state index contributed by atoms with van der Waals surface area (Å²) in [7, 11) is 0. The highest BCUT2D eigenvalue weighted by atomic mass is 19.4. The van der Waals surface area contributed by atoms with Crippen LogP contribution in [-0.4, -0.2) is 30.9 Å². The van der Waals surface area contributed by atoms with Crippen molar-refractivity contribution in [1.29, 1.82) is 0 Å². The lowest BCUT2D eigenvalue weighted by Crippen LogP contribution is -2.43. The molecule has 0 amide bonds. The van der Waals surface area contributed by atoms with Gasteiger partial charge in [0, 0.05) is 31.3 Å². The summed E-state index contributed by atoms with van der Waals surface area (Å²) >= 11 is 0. The van der Waals surface area contributed by atoms with Crippen LogP contribution in [0.15, 0.2) is 47.6 Å². The monoisotopic (exact) mass is 459 g/mol. The van der Waals surface area contributed by atoms with Gasteiger partial charge in [-0.05, 0) is 49.1 Å². The van der Waals surface area contributed by atoms with E-state index < -0.39 is 41.9 Å². The van der Waals surface area contributed by atoms with E-state index in [4.69, 9.17) is 0 Å². The second kappa shape index (κ2) is 8.29.